The summed E-state index contributed by atoms with van der Waals surface area (Å²) in [6, 6.07) is 17.7. The summed E-state index contributed by atoms with van der Waals surface area (Å²) >= 11 is 1.64. The summed E-state index contributed by atoms with van der Waals surface area (Å²) in [5.41, 5.74) is 1.26. The largest absolute Gasteiger partial charge is 0.495 e. The zero-order valence-corrected chi connectivity index (χ0v) is 16.9. The summed E-state index contributed by atoms with van der Waals surface area (Å²) in [7, 11) is 1.45. The maximum absolute atomic E-state index is 12.8. The molecule has 2 aromatic carbocycles. The van der Waals surface area contributed by atoms with Crippen LogP contribution in [-0.2, 0) is 4.79 Å². The lowest BCUT2D eigenvalue weighted by Crippen LogP contribution is -2.92. The van der Waals surface area contributed by atoms with Crippen molar-refractivity contribution in [3.8, 4) is 5.75 Å². The van der Waals surface area contributed by atoms with E-state index in [-0.39, 0.29) is 23.3 Å². The third-order valence-electron chi connectivity index (χ3n) is 4.55. The maximum Gasteiger partial charge on any atom is 0.282 e. The van der Waals surface area contributed by atoms with Gasteiger partial charge >= 0.3 is 0 Å². The molecular weight excluding hydrogens is 390 g/mol. The van der Waals surface area contributed by atoms with Crippen LogP contribution < -0.4 is 15.4 Å². The highest BCUT2D eigenvalue weighted by Crippen LogP contribution is 2.29. The van der Waals surface area contributed by atoms with Gasteiger partial charge in [0.2, 0.25) is 0 Å². The second-order valence-corrected chi connectivity index (χ2v) is 7.50. The Morgan fingerprint density at radius 2 is 1.93 bits per heavy atom. The third kappa shape index (κ3) is 4.98. The van der Waals surface area contributed by atoms with Crippen molar-refractivity contribution in [2.75, 3.05) is 12.4 Å². The first-order valence-corrected chi connectivity index (χ1v) is 9.94. The number of nitro benzene ring substituents is 1. The van der Waals surface area contributed by atoms with E-state index in [2.05, 4.69) is 5.32 Å². The van der Waals surface area contributed by atoms with Gasteiger partial charge in [-0.15, -0.1) is 11.3 Å². The number of quaternary nitrogens is 1. The lowest BCUT2D eigenvalue weighted by molar-refractivity contribution is -0.703. The number of rotatable bonds is 8. The highest BCUT2D eigenvalue weighted by atomic mass is 32.1. The van der Waals surface area contributed by atoms with Gasteiger partial charge in [-0.2, -0.15) is 0 Å². The summed E-state index contributed by atoms with van der Waals surface area (Å²) in [6.07, 6.45) is 0. The minimum absolute atomic E-state index is 0.0241. The molecule has 1 heterocycles. The lowest BCUT2D eigenvalue weighted by atomic mass is 10.0. The number of amides is 1. The fourth-order valence-electron chi connectivity index (χ4n) is 3.03. The average molecular weight is 412 g/mol. The van der Waals surface area contributed by atoms with Gasteiger partial charge < -0.3 is 15.4 Å². The first kappa shape index (κ1) is 20.5. The van der Waals surface area contributed by atoms with Gasteiger partial charge in [-0.3, -0.25) is 14.9 Å². The molecule has 3 aromatic rings. The summed E-state index contributed by atoms with van der Waals surface area (Å²) in [4.78, 5) is 24.5. The number of benzene rings is 2. The van der Waals surface area contributed by atoms with Crippen LogP contribution >= 0.6 is 11.3 Å². The summed E-state index contributed by atoms with van der Waals surface area (Å²) in [5, 5.41) is 17.8. The molecule has 0 saturated heterocycles. The van der Waals surface area contributed by atoms with Crippen molar-refractivity contribution in [3.05, 3.63) is 86.6 Å². The Kier molecular flexibility index (Phi) is 6.58. The molecule has 0 unspecified atom stereocenters. The Hall–Kier alpha value is -3.23. The molecule has 7 nitrogen and oxygen atoms in total. The molecule has 3 rings (SSSR count). The van der Waals surface area contributed by atoms with E-state index in [1.165, 1.54) is 25.3 Å². The highest BCUT2D eigenvalue weighted by molar-refractivity contribution is 7.10. The zero-order chi connectivity index (χ0) is 20.8. The van der Waals surface area contributed by atoms with Crippen LogP contribution in [-0.4, -0.2) is 24.0 Å². The van der Waals surface area contributed by atoms with E-state index >= 15 is 0 Å². The zero-order valence-electron chi connectivity index (χ0n) is 16.1. The average Bonchev–Trinajstić information content (AvgIpc) is 3.26. The normalized spacial score (nSPS) is 12.8. The van der Waals surface area contributed by atoms with E-state index < -0.39 is 11.0 Å². The molecule has 1 aromatic heterocycles. The number of ether oxygens (including phenoxy) is 1. The van der Waals surface area contributed by atoms with Gasteiger partial charge in [0.15, 0.2) is 6.04 Å². The van der Waals surface area contributed by atoms with E-state index in [1.807, 2.05) is 60.1 Å². The first-order chi connectivity index (χ1) is 14.0. The molecule has 150 valence electrons. The van der Waals surface area contributed by atoms with Crippen LogP contribution in [0.4, 0.5) is 11.4 Å². The molecule has 0 radical (unpaired) electrons. The summed E-state index contributed by atoms with van der Waals surface area (Å²) < 4.78 is 5.22. The number of nitro groups is 1. The Labute approximate surface area is 172 Å². The van der Waals surface area contributed by atoms with E-state index in [9.17, 15) is 14.9 Å². The summed E-state index contributed by atoms with van der Waals surface area (Å²) in [5.74, 6) is 0.107. The minimum Gasteiger partial charge on any atom is -0.495 e. The van der Waals surface area contributed by atoms with Crippen LogP contribution in [0.5, 0.6) is 5.75 Å². The predicted molar refractivity (Wildman–Crippen MR) is 112 cm³/mol. The number of carbonyl (C=O) groups excluding carboxylic acids is 1. The van der Waals surface area contributed by atoms with Crippen molar-refractivity contribution in [3.63, 3.8) is 0 Å². The van der Waals surface area contributed by atoms with Gasteiger partial charge in [-0.25, -0.2) is 0 Å². The number of methoxy groups -OCH3 is 1. The van der Waals surface area contributed by atoms with Crippen molar-refractivity contribution in [1.29, 1.82) is 0 Å². The quantitative estimate of drug-likeness (QED) is 0.438. The second kappa shape index (κ2) is 9.31. The molecule has 0 aliphatic heterocycles. The van der Waals surface area contributed by atoms with Gasteiger partial charge in [0.25, 0.3) is 11.6 Å². The molecule has 8 heteroatoms. The molecule has 1 amide bonds. The van der Waals surface area contributed by atoms with E-state index in [0.29, 0.717) is 5.75 Å². The predicted octanol–water partition coefficient (Wildman–Crippen LogP) is 3.34. The first-order valence-electron chi connectivity index (χ1n) is 9.06. The van der Waals surface area contributed by atoms with E-state index in [4.69, 9.17) is 4.74 Å². The second-order valence-electron chi connectivity index (χ2n) is 6.52. The van der Waals surface area contributed by atoms with Gasteiger partial charge in [0, 0.05) is 17.7 Å². The monoisotopic (exact) mass is 412 g/mol. The molecule has 29 heavy (non-hydrogen) atoms. The number of hydrogen-bond donors (Lipinski definition) is 2. The van der Waals surface area contributed by atoms with E-state index in [0.717, 1.165) is 10.4 Å². The molecule has 0 aliphatic carbocycles. The molecule has 0 aliphatic rings. The number of anilines is 1. The lowest BCUT2D eigenvalue weighted by Gasteiger charge is -2.20. The minimum atomic E-state index is -0.507. The highest BCUT2D eigenvalue weighted by Gasteiger charge is 2.26. The van der Waals surface area contributed by atoms with Gasteiger partial charge in [-0.05, 0) is 24.4 Å². The van der Waals surface area contributed by atoms with Crippen molar-refractivity contribution >= 4 is 28.6 Å². The number of hydrogen-bond acceptors (Lipinski definition) is 5. The van der Waals surface area contributed by atoms with Gasteiger partial charge in [0.1, 0.15) is 11.8 Å². The number of nitrogens with one attached hydrogen (secondary N) is 1. The van der Waals surface area contributed by atoms with Crippen molar-refractivity contribution in [2.45, 2.75) is 19.0 Å². The third-order valence-corrected chi connectivity index (χ3v) is 5.51. The SMILES string of the molecule is COc1ccc([N+](=O)[O-])cc1NC(=O)[C@H](C)[NH2+][C@H](c1ccccc1)c1cccs1. The smallest absolute Gasteiger partial charge is 0.282 e. The molecule has 0 fully saturated rings. The van der Waals surface area contributed by atoms with Crippen molar-refractivity contribution in [1.82, 2.24) is 0 Å². The van der Waals surface area contributed by atoms with Crippen LogP contribution in [0, 0.1) is 10.1 Å². The maximum atomic E-state index is 12.8. The Bertz CT molecular complexity index is 977. The number of thiophene rings is 1. The topological polar surface area (TPSA) is 98.1 Å². The van der Waals surface area contributed by atoms with Crippen LogP contribution in [0.1, 0.15) is 23.4 Å². The molecule has 0 spiro atoms. The van der Waals surface area contributed by atoms with Crippen molar-refractivity contribution in [2.24, 2.45) is 0 Å². The van der Waals surface area contributed by atoms with Gasteiger partial charge in [-0.1, -0.05) is 36.4 Å². The van der Waals surface area contributed by atoms with Gasteiger partial charge in [0.05, 0.1) is 22.6 Å². The Morgan fingerprint density at radius 3 is 2.55 bits per heavy atom. The number of non-ortho nitro benzene ring substituents is 1. The number of nitrogens with two attached hydrogens (primary N) is 1. The van der Waals surface area contributed by atoms with Crippen LogP contribution in [0.2, 0.25) is 0 Å². The Morgan fingerprint density at radius 1 is 1.17 bits per heavy atom. The molecule has 2 atom stereocenters. The van der Waals surface area contributed by atoms with Crippen LogP contribution in [0.25, 0.3) is 0 Å². The summed E-state index contributed by atoms with van der Waals surface area (Å²) in [6.45, 7) is 1.81. The number of nitrogens with zero attached hydrogens (tertiary/aromatic N) is 1. The fraction of sp³-hybridized carbons (Fsp3) is 0.190. The molecule has 3 N–H and O–H groups in total. The fourth-order valence-corrected chi connectivity index (χ4v) is 3.86. The molecule has 0 saturated carbocycles. The van der Waals surface area contributed by atoms with E-state index in [1.54, 1.807) is 11.3 Å². The molecule has 0 bridgehead atoms. The standard InChI is InChI=1S/C21H21N3O4S/c1-14(21(25)23-17-13-16(24(26)27)10-11-18(17)28-2)22-20(19-9-6-12-29-19)15-7-4-3-5-8-15/h3-14,20,22H,1-2H3,(H,23,25)/p+1/t14-,20+/m0/s1. The van der Waals surface area contributed by atoms with Crippen LogP contribution in [0.3, 0.4) is 0 Å². The Balaban J connectivity index is 1.79. The number of carbonyl (C=O) groups is 1. The van der Waals surface area contributed by atoms with Crippen molar-refractivity contribution < 1.29 is 19.8 Å². The molecular formula is C21H22N3O4S+. The van der Waals surface area contributed by atoms with Crippen LogP contribution in [0.15, 0.2) is 66.0 Å².